The number of hydrogen-bond donors (Lipinski definition) is 2. The third-order valence-electron chi connectivity index (χ3n) is 4.17. The maximum Gasteiger partial charge on any atom is 0.252 e. The molecule has 0 atom stereocenters. The van der Waals surface area contributed by atoms with Crippen LogP contribution in [-0.2, 0) is 13.5 Å². The largest absolute Gasteiger partial charge is 0.496 e. The summed E-state index contributed by atoms with van der Waals surface area (Å²) >= 11 is 0. The van der Waals surface area contributed by atoms with Crippen molar-refractivity contribution in [2.45, 2.75) is 13.3 Å². The topological polar surface area (TPSA) is 132 Å². The van der Waals surface area contributed by atoms with E-state index in [4.69, 9.17) is 10.5 Å². The van der Waals surface area contributed by atoms with Crippen LogP contribution >= 0.6 is 0 Å². The van der Waals surface area contributed by atoms with Gasteiger partial charge in [-0.1, -0.05) is 6.07 Å². The second kappa shape index (κ2) is 7.75. The lowest BCUT2D eigenvalue weighted by Gasteiger charge is -2.16. The van der Waals surface area contributed by atoms with E-state index in [-0.39, 0.29) is 17.7 Å². The molecule has 0 saturated carbocycles. The number of aryl methyl sites for hydroxylation is 2. The van der Waals surface area contributed by atoms with Crippen LogP contribution in [0.25, 0.3) is 11.3 Å². The molecule has 0 aliphatic heterocycles. The number of hydrogen-bond acceptors (Lipinski definition) is 7. The molecular weight excluding hydrogens is 358 g/mol. The minimum Gasteiger partial charge on any atom is -0.496 e. The van der Waals surface area contributed by atoms with Crippen LogP contribution in [0.5, 0.6) is 5.75 Å². The van der Waals surface area contributed by atoms with E-state index in [1.165, 1.54) is 7.11 Å². The van der Waals surface area contributed by atoms with Crippen LogP contribution in [0.1, 0.15) is 21.5 Å². The number of benzene rings is 1. The number of methoxy groups -OCH3 is 1. The zero-order valence-electron chi connectivity index (χ0n) is 15.7. The lowest BCUT2D eigenvalue weighted by molar-refractivity contribution is 0.0997. The molecule has 0 radical (unpaired) electrons. The van der Waals surface area contributed by atoms with Gasteiger partial charge in [-0.05, 0) is 18.6 Å². The molecule has 9 heteroatoms. The molecule has 3 rings (SSSR count). The number of nitrogens with zero attached hydrogens (tertiary/aromatic N) is 5. The van der Waals surface area contributed by atoms with Crippen LogP contribution in [-0.4, -0.2) is 32.8 Å². The van der Waals surface area contributed by atoms with E-state index in [0.717, 1.165) is 11.3 Å². The van der Waals surface area contributed by atoms with Gasteiger partial charge in [0.2, 0.25) is 5.95 Å². The second-order valence-corrected chi connectivity index (χ2v) is 6.12. The summed E-state index contributed by atoms with van der Waals surface area (Å²) in [7, 11) is 3.25. The van der Waals surface area contributed by atoms with Gasteiger partial charge in [-0.2, -0.15) is 10.4 Å². The molecule has 0 fully saturated rings. The molecular formula is C19H19N7O2. The Hall–Kier alpha value is -3.93. The van der Waals surface area contributed by atoms with E-state index in [1.54, 1.807) is 35.4 Å². The maximum atomic E-state index is 11.7. The molecule has 28 heavy (non-hydrogen) atoms. The van der Waals surface area contributed by atoms with Crippen molar-refractivity contribution in [3.63, 3.8) is 0 Å². The molecule has 0 spiro atoms. The van der Waals surface area contributed by atoms with E-state index < -0.39 is 5.91 Å². The number of ether oxygens (including phenoxy) is 1. The predicted octanol–water partition coefficient (Wildman–Crippen LogP) is 2.10. The fourth-order valence-electron chi connectivity index (χ4n) is 2.92. The summed E-state index contributed by atoms with van der Waals surface area (Å²) < 4.78 is 7.06. The van der Waals surface area contributed by atoms with Crippen LogP contribution in [0.15, 0.2) is 30.7 Å². The standard InChI is InChI=1S/C19H19N7O2/c1-11-8-22-19(24-12-9-23-26(2)10-12)25-16(11)13-4-5-15(18(21)27)17(28-3)14(13)6-7-20/h4-5,8-10H,6H2,1-3H3,(H2,21,27)(H,22,24,25). The Bertz CT molecular complexity index is 1080. The van der Waals surface area contributed by atoms with Gasteiger partial charge in [0, 0.05) is 30.6 Å². The lowest BCUT2D eigenvalue weighted by Crippen LogP contribution is -2.14. The van der Waals surface area contributed by atoms with E-state index in [1.807, 2.05) is 14.0 Å². The summed E-state index contributed by atoms with van der Waals surface area (Å²) in [6.45, 7) is 1.87. The number of carbonyl (C=O) groups is 1. The molecule has 0 aliphatic carbocycles. The first-order chi connectivity index (χ1) is 13.4. The van der Waals surface area contributed by atoms with Crippen LogP contribution in [0.4, 0.5) is 11.6 Å². The van der Waals surface area contributed by atoms with Gasteiger partial charge in [0.15, 0.2) is 0 Å². The van der Waals surface area contributed by atoms with Crippen molar-refractivity contribution in [1.82, 2.24) is 19.7 Å². The molecule has 0 aliphatic rings. The van der Waals surface area contributed by atoms with Crippen molar-refractivity contribution in [2.75, 3.05) is 12.4 Å². The van der Waals surface area contributed by atoms with Crippen molar-refractivity contribution in [2.24, 2.45) is 12.8 Å². The highest BCUT2D eigenvalue weighted by Gasteiger charge is 2.20. The first-order valence-electron chi connectivity index (χ1n) is 8.41. The van der Waals surface area contributed by atoms with Crippen molar-refractivity contribution in [1.29, 1.82) is 5.26 Å². The molecule has 142 valence electrons. The Labute approximate surface area is 161 Å². The third-order valence-corrected chi connectivity index (χ3v) is 4.17. The Morgan fingerprint density at radius 1 is 1.39 bits per heavy atom. The molecule has 1 aromatic carbocycles. The number of primary amides is 1. The number of nitrogens with one attached hydrogen (secondary N) is 1. The third kappa shape index (κ3) is 3.61. The highest BCUT2D eigenvalue weighted by molar-refractivity contribution is 5.97. The predicted molar refractivity (Wildman–Crippen MR) is 103 cm³/mol. The molecule has 0 saturated heterocycles. The Kier molecular flexibility index (Phi) is 5.22. The summed E-state index contributed by atoms with van der Waals surface area (Å²) in [5.41, 5.74) is 9.07. The average molecular weight is 377 g/mol. The summed E-state index contributed by atoms with van der Waals surface area (Å²) in [5.74, 6) is 0.0433. The minimum absolute atomic E-state index is 0.0361. The van der Waals surface area contributed by atoms with Crippen LogP contribution in [0, 0.1) is 18.3 Å². The zero-order chi connectivity index (χ0) is 20.3. The molecule has 2 aromatic heterocycles. The molecule has 1 amide bonds. The number of anilines is 2. The number of rotatable bonds is 6. The first kappa shape index (κ1) is 18.8. The van der Waals surface area contributed by atoms with E-state index in [9.17, 15) is 10.1 Å². The van der Waals surface area contributed by atoms with Gasteiger partial charge in [-0.25, -0.2) is 9.97 Å². The van der Waals surface area contributed by atoms with Gasteiger partial charge in [0.1, 0.15) is 5.75 Å². The normalized spacial score (nSPS) is 10.4. The SMILES string of the molecule is COc1c(C(N)=O)ccc(-c2nc(Nc3cnn(C)c3)ncc2C)c1CC#N. The highest BCUT2D eigenvalue weighted by atomic mass is 16.5. The Morgan fingerprint density at radius 2 is 2.18 bits per heavy atom. The maximum absolute atomic E-state index is 11.7. The fraction of sp³-hybridized carbons (Fsp3) is 0.211. The Balaban J connectivity index is 2.13. The number of nitriles is 1. The number of nitrogens with two attached hydrogens (primary N) is 1. The van der Waals surface area contributed by atoms with Crippen molar-refractivity contribution >= 4 is 17.5 Å². The lowest BCUT2D eigenvalue weighted by atomic mass is 9.95. The highest BCUT2D eigenvalue weighted by Crippen LogP contribution is 2.35. The summed E-state index contributed by atoms with van der Waals surface area (Å²) in [6.07, 6.45) is 5.18. The van der Waals surface area contributed by atoms with Crippen molar-refractivity contribution < 1.29 is 9.53 Å². The van der Waals surface area contributed by atoms with Gasteiger partial charge >= 0.3 is 0 Å². The molecule has 0 unspecified atom stereocenters. The van der Waals surface area contributed by atoms with Gasteiger partial charge in [-0.3, -0.25) is 9.48 Å². The molecule has 3 N–H and O–H groups in total. The van der Waals surface area contributed by atoms with Gasteiger partial charge < -0.3 is 15.8 Å². The minimum atomic E-state index is -0.624. The average Bonchev–Trinajstić information content (AvgIpc) is 3.08. The molecule has 0 bridgehead atoms. The smallest absolute Gasteiger partial charge is 0.252 e. The van der Waals surface area contributed by atoms with E-state index in [0.29, 0.717) is 22.8 Å². The van der Waals surface area contributed by atoms with Gasteiger partial charge in [0.25, 0.3) is 5.91 Å². The molecule has 2 heterocycles. The van der Waals surface area contributed by atoms with E-state index in [2.05, 4.69) is 26.5 Å². The van der Waals surface area contributed by atoms with Gasteiger partial charge in [-0.15, -0.1) is 0 Å². The van der Waals surface area contributed by atoms with E-state index >= 15 is 0 Å². The fourth-order valence-corrected chi connectivity index (χ4v) is 2.92. The summed E-state index contributed by atoms with van der Waals surface area (Å²) in [5, 5.41) is 16.5. The molecule has 3 aromatic rings. The molecule has 9 nitrogen and oxygen atoms in total. The zero-order valence-corrected chi connectivity index (χ0v) is 15.7. The van der Waals surface area contributed by atoms with Gasteiger partial charge in [0.05, 0.1) is 42.7 Å². The monoisotopic (exact) mass is 377 g/mol. The number of amides is 1. The second-order valence-electron chi connectivity index (χ2n) is 6.12. The van der Waals surface area contributed by atoms with Crippen LogP contribution in [0.2, 0.25) is 0 Å². The van der Waals surface area contributed by atoms with Crippen LogP contribution < -0.4 is 15.8 Å². The quantitative estimate of drug-likeness (QED) is 0.672. The Morgan fingerprint density at radius 3 is 2.79 bits per heavy atom. The number of carbonyl (C=O) groups excluding carboxylic acids is 1. The summed E-state index contributed by atoms with van der Waals surface area (Å²) in [4.78, 5) is 20.6. The van der Waals surface area contributed by atoms with Crippen LogP contribution in [0.3, 0.4) is 0 Å². The first-order valence-corrected chi connectivity index (χ1v) is 8.41. The summed E-state index contributed by atoms with van der Waals surface area (Å²) in [6, 6.07) is 5.41. The van der Waals surface area contributed by atoms with Crippen molar-refractivity contribution in [3.05, 3.63) is 47.4 Å². The van der Waals surface area contributed by atoms with Crippen molar-refractivity contribution in [3.8, 4) is 23.1 Å². The number of aromatic nitrogens is 4.